The number of pyridine rings is 1. The fourth-order valence-corrected chi connectivity index (χ4v) is 4.74. The van der Waals surface area contributed by atoms with Crippen LogP contribution in [0.3, 0.4) is 0 Å². The second-order valence-electron chi connectivity index (χ2n) is 7.65. The van der Waals surface area contributed by atoms with E-state index in [0.29, 0.717) is 12.1 Å². The lowest BCUT2D eigenvalue weighted by atomic mass is 10.1. The summed E-state index contributed by atoms with van der Waals surface area (Å²) in [4.78, 5) is 25.5. The zero-order valence-corrected chi connectivity index (χ0v) is 18.0. The van der Waals surface area contributed by atoms with Gasteiger partial charge in [0.25, 0.3) is 5.91 Å². The molecule has 0 unspecified atom stereocenters. The molecule has 1 atom stereocenters. The molecule has 1 aromatic carbocycles. The van der Waals surface area contributed by atoms with Crippen molar-refractivity contribution in [2.24, 2.45) is 0 Å². The third-order valence-electron chi connectivity index (χ3n) is 5.45. The summed E-state index contributed by atoms with van der Waals surface area (Å²) in [6, 6.07) is 10.2. The number of carbonyl (C=O) groups is 1. The van der Waals surface area contributed by atoms with Gasteiger partial charge in [-0.05, 0) is 63.1 Å². The summed E-state index contributed by atoms with van der Waals surface area (Å²) in [7, 11) is 0. The van der Waals surface area contributed by atoms with Crippen LogP contribution in [0.2, 0.25) is 0 Å². The SMILES string of the molecule is Cc1ncc(CN2CCC[C@H]2c2ccc(C(=O)NCc3ccc(F)cc3)c(C)n2)s1. The lowest BCUT2D eigenvalue weighted by molar-refractivity contribution is 0.0949. The Kier molecular flexibility index (Phi) is 6.20. The zero-order chi connectivity index (χ0) is 21.1. The average Bonchev–Trinajstić information content (AvgIpc) is 3.36. The molecule has 1 saturated heterocycles. The minimum absolute atomic E-state index is 0.167. The van der Waals surface area contributed by atoms with Crippen molar-refractivity contribution in [3.63, 3.8) is 0 Å². The summed E-state index contributed by atoms with van der Waals surface area (Å²) in [5.74, 6) is -0.452. The van der Waals surface area contributed by atoms with Crippen LogP contribution in [0.15, 0.2) is 42.6 Å². The number of aromatic nitrogens is 2. The number of amides is 1. The van der Waals surface area contributed by atoms with Gasteiger partial charge in [0.1, 0.15) is 5.82 Å². The molecular weight excluding hydrogens is 399 g/mol. The summed E-state index contributed by atoms with van der Waals surface area (Å²) < 4.78 is 13.0. The Balaban J connectivity index is 1.42. The maximum absolute atomic E-state index is 13.0. The van der Waals surface area contributed by atoms with E-state index in [1.807, 2.05) is 32.2 Å². The summed E-state index contributed by atoms with van der Waals surface area (Å²) >= 11 is 1.74. The van der Waals surface area contributed by atoms with E-state index in [1.54, 1.807) is 23.5 Å². The lowest BCUT2D eigenvalue weighted by Crippen LogP contribution is -2.25. The third kappa shape index (κ3) is 4.74. The van der Waals surface area contributed by atoms with Crippen molar-refractivity contribution in [2.75, 3.05) is 6.54 Å². The predicted molar refractivity (Wildman–Crippen MR) is 116 cm³/mol. The highest BCUT2D eigenvalue weighted by Gasteiger charge is 2.28. The first-order chi connectivity index (χ1) is 14.5. The van der Waals surface area contributed by atoms with E-state index in [4.69, 9.17) is 4.98 Å². The number of aryl methyl sites for hydroxylation is 2. The fourth-order valence-electron chi connectivity index (χ4n) is 3.91. The molecule has 1 aliphatic heterocycles. The molecule has 0 aliphatic carbocycles. The highest BCUT2D eigenvalue weighted by atomic mass is 32.1. The number of hydrogen-bond acceptors (Lipinski definition) is 5. The molecule has 2 aromatic heterocycles. The Morgan fingerprint density at radius 1 is 1.23 bits per heavy atom. The molecule has 30 heavy (non-hydrogen) atoms. The summed E-state index contributed by atoms with van der Waals surface area (Å²) in [5.41, 5.74) is 3.17. The molecule has 1 fully saturated rings. The minimum Gasteiger partial charge on any atom is -0.348 e. The molecule has 1 amide bonds. The Labute approximate surface area is 180 Å². The van der Waals surface area contributed by atoms with E-state index in [9.17, 15) is 9.18 Å². The molecule has 0 saturated carbocycles. The topological polar surface area (TPSA) is 58.1 Å². The van der Waals surface area contributed by atoms with Crippen molar-refractivity contribution in [2.45, 2.75) is 45.8 Å². The van der Waals surface area contributed by atoms with Crippen LogP contribution in [0.4, 0.5) is 4.39 Å². The van der Waals surface area contributed by atoms with Crippen molar-refractivity contribution in [3.05, 3.63) is 80.8 Å². The van der Waals surface area contributed by atoms with Crippen molar-refractivity contribution in [1.29, 1.82) is 0 Å². The fraction of sp³-hybridized carbons (Fsp3) is 0.348. The van der Waals surface area contributed by atoms with Crippen molar-refractivity contribution < 1.29 is 9.18 Å². The van der Waals surface area contributed by atoms with Crippen molar-refractivity contribution in [1.82, 2.24) is 20.2 Å². The molecule has 7 heteroatoms. The van der Waals surface area contributed by atoms with Crippen LogP contribution in [0.1, 0.15) is 56.1 Å². The maximum Gasteiger partial charge on any atom is 0.253 e. The van der Waals surface area contributed by atoms with Crippen LogP contribution in [0.5, 0.6) is 0 Å². The van der Waals surface area contributed by atoms with E-state index >= 15 is 0 Å². The summed E-state index contributed by atoms with van der Waals surface area (Å²) in [6.45, 7) is 6.19. The van der Waals surface area contributed by atoms with Crippen molar-refractivity contribution in [3.8, 4) is 0 Å². The molecule has 1 N–H and O–H groups in total. The molecule has 1 aliphatic rings. The van der Waals surface area contributed by atoms with Gasteiger partial charge in [0, 0.05) is 24.2 Å². The summed E-state index contributed by atoms with van der Waals surface area (Å²) in [5, 5.41) is 3.98. The molecule has 156 valence electrons. The highest BCUT2D eigenvalue weighted by Crippen LogP contribution is 2.33. The number of nitrogens with one attached hydrogen (secondary N) is 1. The van der Waals surface area contributed by atoms with E-state index in [-0.39, 0.29) is 17.8 Å². The molecule has 0 bridgehead atoms. The van der Waals surface area contributed by atoms with Gasteiger partial charge in [-0.1, -0.05) is 12.1 Å². The number of benzene rings is 1. The third-order valence-corrected chi connectivity index (χ3v) is 6.35. The van der Waals surface area contributed by atoms with Gasteiger partial charge in [-0.3, -0.25) is 14.7 Å². The quantitative estimate of drug-likeness (QED) is 0.630. The molecule has 4 rings (SSSR count). The van der Waals surface area contributed by atoms with Gasteiger partial charge in [0.15, 0.2) is 0 Å². The monoisotopic (exact) mass is 424 g/mol. The highest BCUT2D eigenvalue weighted by molar-refractivity contribution is 7.11. The Morgan fingerprint density at radius 2 is 2.03 bits per heavy atom. The number of hydrogen-bond donors (Lipinski definition) is 1. The van der Waals surface area contributed by atoms with Crippen LogP contribution in [-0.4, -0.2) is 27.3 Å². The van der Waals surface area contributed by atoms with Gasteiger partial charge in [0.05, 0.1) is 28.0 Å². The smallest absolute Gasteiger partial charge is 0.253 e. The number of likely N-dealkylation sites (tertiary alicyclic amines) is 1. The first-order valence-electron chi connectivity index (χ1n) is 10.1. The number of halogens is 1. The van der Waals surface area contributed by atoms with Gasteiger partial charge < -0.3 is 5.32 Å². The Bertz CT molecular complexity index is 1030. The molecule has 3 heterocycles. The number of carbonyl (C=O) groups excluding carboxylic acids is 1. The minimum atomic E-state index is -0.285. The maximum atomic E-state index is 13.0. The van der Waals surface area contributed by atoms with Crippen LogP contribution in [0, 0.1) is 19.7 Å². The van der Waals surface area contributed by atoms with Crippen LogP contribution in [0.25, 0.3) is 0 Å². The normalized spacial score (nSPS) is 16.7. The van der Waals surface area contributed by atoms with Gasteiger partial charge in [-0.15, -0.1) is 11.3 Å². The molecule has 0 spiro atoms. The molecule has 0 radical (unpaired) electrons. The average molecular weight is 425 g/mol. The van der Waals surface area contributed by atoms with E-state index in [1.165, 1.54) is 17.0 Å². The zero-order valence-electron chi connectivity index (χ0n) is 17.2. The van der Waals surface area contributed by atoms with Gasteiger partial charge in [-0.25, -0.2) is 9.37 Å². The second-order valence-corrected chi connectivity index (χ2v) is 8.97. The van der Waals surface area contributed by atoms with Gasteiger partial charge in [-0.2, -0.15) is 0 Å². The van der Waals surface area contributed by atoms with Gasteiger partial charge >= 0.3 is 0 Å². The summed E-state index contributed by atoms with van der Waals surface area (Å²) in [6.07, 6.45) is 4.17. The second kappa shape index (κ2) is 9.02. The number of rotatable bonds is 6. The predicted octanol–water partition coefficient (Wildman–Crippen LogP) is 4.56. The van der Waals surface area contributed by atoms with E-state index in [0.717, 1.165) is 47.9 Å². The first kappa shape index (κ1) is 20.6. The standard InChI is InChI=1S/C23H25FN4OS/c1-15-20(23(29)26-12-17-5-7-18(24)8-6-17)9-10-21(27-15)22-4-3-11-28(22)14-19-13-25-16(2)30-19/h5-10,13,22H,3-4,11-12,14H2,1-2H3,(H,26,29)/t22-/m0/s1. The number of nitrogens with zero attached hydrogens (tertiary/aromatic N) is 3. The van der Waals surface area contributed by atoms with Crippen LogP contribution in [-0.2, 0) is 13.1 Å². The lowest BCUT2D eigenvalue weighted by Gasteiger charge is -2.24. The van der Waals surface area contributed by atoms with E-state index in [2.05, 4.69) is 15.2 Å². The molecular formula is C23H25FN4OS. The largest absolute Gasteiger partial charge is 0.348 e. The van der Waals surface area contributed by atoms with E-state index < -0.39 is 0 Å². The Hall–Kier alpha value is -2.64. The number of thiazole rings is 1. The first-order valence-corrected chi connectivity index (χ1v) is 11.0. The van der Waals surface area contributed by atoms with Crippen molar-refractivity contribution >= 4 is 17.2 Å². The molecule has 5 nitrogen and oxygen atoms in total. The van der Waals surface area contributed by atoms with Gasteiger partial charge in [0.2, 0.25) is 0 Å². The van der Waals surface area contributed by atoms with Crippen LogP contribution < -0.4 is 5.32 Å². The molecule has 3 aromatic rings. The Morgan fingerprint density at radius 3 is 2.73 bits per heavy atom. The van der Waals surface area contributed by atoms with Crippen LogP contribution >= 0.6 is 11.3 Å².